The number of nitrogens with zero attached hydrogens (tertiary/aromatic N) is 1. The van der Waals surface area contributed by atoms with Crippen molar-refractivity contribution in [1.29, 1.82) is 0 Å². The molecule has 3 heterocycles. The molecule has 3 rings (SSSR count). The zero-order valence-electron chi connectivity index (χ0n) is 11.0. The Balaban J connectivity index is 1.45. The van der Waals surface area contributed by atoms with Crippen LogP contribution in [0, 0.1) is 0 Å². The first-order chi connectivity index (χ1) is 8.36. The van der Waals surface area contributed by atoms with Gasteiger partial charge >= 0.3 is 0 Å². The van der Waals surface area contributed by atoms with Crippen LogP contribution >= 0.6 is 0 Å². The molecule has 0 radical (unpaired) electrons. The van der Waals surface area contributed by atoms with E-state index in [9.17, 15) is 0 Å². The van der Waals surface area contributed by atoms with Crippen LogP contribution in [0.5, 0.6) is 0 Å². The summed E-state index contributed by atoms with van der Waals surface area (Å²) in [5.74, 6) is 0. The molecule has 3 nitrogen and oxygen atoms in total. The highest BCUT2D eigenvalue weighted by molar-refractivity contribution is 4.96. The van der Waals surface area contributed by atoms with E-state index < -0.39 is 0 Å². The van der Waals surface area contributed by atoms with Crippen LogP contribution in [0.4, 0.5) is 0 Å². The lowest BCUT2D eigenvalue weighted by molar-refractivity contribution is 0.0586. The van der Waals surface area contributed by atoms with Crippen LogP contribution in [0.3, 0.4) is 0 Å². The molecule has 17 heavy (non-hydrogen) atoms. The van der Waals surface area contributed by atoms with E-state index in [0.29, 0.717) is 12.2 Å². The lowest BCUT2D eigenvalue weighted by Crippen LogP contribution is -2.49. The topological polar surface area (TPSA) is 24.5 Å². The molecular weight excluding hydrogens is 212 g/mol. The van der Waals surface area contributed by atoms with Crippen molar-refractivity contribution < 1.29 is 4.74 Å². The van der Waals surface area contributed by atoms with Gasteiger partial charge in [0, 0.05) is 25.2 Å². The van der Waals surface area contributed by atoms with Crippen LogP contribution in [0.25, 0.3) is 0 Å². The van der Waals surface area contributed by atoms with Crippen LogP contribution in [-0.2, 0) is 4.74 Å². The highest BCUT2D eigenvalue weighted by atomic mass is 16.5. The van der Waals surface area contributed by atoms with Crippen LogP contribution in [-0.4, -0.2) is 48.8 Å². The maximum absolute atomic E-state index is 5.97. The van der Waals surface area contributed by atoms with Gasteiger partial charge in [-0.05, 0) is 45.1 Å². The number of hydrogen-bond acceptors (Lipinski definition) is 3. The molecule has 3 fully saturated rings. The molecule has 3 unspecified atom stereocenters. The SMILES string of the molecule is CCCNC1CCN(C2CC3CCC2O3)CC1. The second kappa shape index (κ2) is 5.25. The fourth-order valence-corrected chi connectivity index (χ4v) is 3.78. The van der Waals surface area contributed by atoms with Gasteiger partial charge in [-0.1, -0.05) is 6.92 Å². The molecule has 0 amide bonds. The fraction of sp³-hybridized carbons (Fsp3) is 1.00. The number of piperidine rings is 1. The van der Waals surface area contributed by atoms with Crippen molar-refractivity contribution in [3.8, 4) is 0 Å². The zero-order valence-corrected chi connectivity index (χ0v) is 11.0. The van der Waals surface area contributed by atoms with Gasteiger partial charge in [-0.2, -0.15) is 0 Å². The molecule has 2 bridgehead atoms. The van der Waals surface area contributed by atoms with Crippen molar-refractivity contribution in [1.82, 2.24) is 10.2 Å². The van der Waals surface area contributed by atoms with E-state index in [1.807, 2.05) is 0 Å². The smallest absolute Gasteiger partial charge is 0.0735 e. The summed E-state index contributed by atoms with van der Waals surface area (Å²) in [6.45, 7) is 5.98. The van der Waals surface area contributed by atoms with Crippen molar-refractivity contribution in [3.05, 3.63) is 0 Å². The molecule has 0 aliphatic carbocycles. The van der Waals surface area contributed by atoms with Gasteiger partial charge in [0.25, 0.3) is 0 Å². The van der Waals surface area contributed by atoms with E-state index in [1.54, 1.807) is 0 Å². The first-order valence-corrected chi connectivity index (χ1v) is 7.49. The number of likely N-dealkylation sites (tertiary alicyclic amines) is 1. The maximum Gasteiger partial charge on any atom is 0.0735 e. The Hall–Kier alpha value is -0.120. The van der Waals surface area contributed by atoms with Crippen LogP contribution < -0.4 is 5.32 Å². The summed E-state index contributed by atoms with van der Waals surface area (Å²) in [6, 6.07) is 1.52. The summed E-state index contributed by atoms with van der Waals surface area (Å²) in [6.07, 6.45) is 9.00. The van der Waals surface area contributed by atoms with E-state index in [4.69, 9.17) is 4.74 Å². The van der Waals surface area contributed by atoms with Gasteiger partial charge in [-0.3, -0.25) is 4.90 Å². The van der Waals surface area contributed by atoms with Gasteiger partial charge in [0.1, 0.15) is 0 Å². The van der Waals surface area contributed by atoms with Crippen LogP contribution in [0.2, 0.25) is 0 Å². The van der Waals surface area contributed by atoms with Gasteiger partial charge in [0.15, 0.2) is 0 Å². The first-order valence-electron chi connectivity index (χ1n) is 7.49. The predicted octanol–water partition coefficient (Wildman–Crippen LogP) is 1.77. The molecule has 0 aromatic rings. The first kappa shape index (κ1) is 11.9. The third-order valence-electron chi connectivity index (χ3n) is 4.76. The Labute approximate surface area is 105 Å². The average Bonchev–Trinajstić information content (AvgIpc) is 2.99. The average molecular weight is 238 g/mol. The van der Waals surface area contributed by atoms with Crippen molar-refractivity contribution in [2.75, 3.05) is 19.6 Å². The summed E-state index contributed by atoms with van der Waals surface area (Å²) in [5, 5.41) is 3.66. The van der Waals surface area contributed by atoms with Crippen molar-refractivity contribution in [3.63, 3.8) is 0 Å². The van der Waals surface area contributed by atoms with E-state index in [0.717, 1.165) is 12.1 Å². The second-order valence-corrected chi connectivity index (χ2v) is 5.94. The predicted molar refractivity (Wildman–Crippen MR) is 69.2 cm³/mol. The molecule has 3 saturated heterocycles. The molecule has 0 aromatic carbocycles. The Kier molecular flexibility index (Phi) is 3.69. The summed E-state index contributed by atoms with van der Waals surface area (Å²) in [5.41, 5.74) is 0. The number of nitrogens with one attached hydrogen (secondary N) is 1. The highest BCUT2D eigenvalue weighted by Gasteiger charge is 2.43. The van der Waals surface area contributed by atoms with Gasteiger partial charge in [0.05, 0.1) is 12.2 Å². The standard InChI is InChI=1S/C14H26N2O/c1-2-7-15-11-5-8-16(9-6-11)13-10-12-3-4-14(13)17-12/h11-15H,2-10H2,1H3. The number of rotatable bonds is 4. The maximum atomic E-state index is 5.97. The molecule has 0 saturated carbocycles. The lowest BCUT2D eigenvalue weighted by Gasteiger charge is -2.38. The molecule has 0 aromatic heterocycles. The number of fused-ring (bicyclic) bond motifs is 2. The molecule has 3 atom stereocenters. The van der Waals surface area contributed by atoms with Gasteiger partial charge in [-0.25, -0.2) is 0 Å². The summed E-state index contributed by atoms with van der Waals surface area (Å²) >= 11 is 0. The highest BCUT2D eigenvalue weighted by Crippen LogP contribution is 2.37. The van der Waals surface area contributed by atoms with E-state index in [1.165, 1.54) is 58.2 Å². The third-order valence-corrected chi connectivity index (χ3v) is 4.76. The minimum absolute atomic E-state index is 0.570. The minimum atomic E-state index is 0.570. The fourth-order valence-electron chi connectivity index (χ4n) is 3.78. The molecule has 98 valence electrons. The van der Waals surface area contributed by atoms with Gasteiger partial charge < -0.3 is 10.1 Å². The van der Waals surface area contributed by atoms with Gasteiger partial charge in [0.2, 0.25) is 0 Å². The minimum Gasteiger partial charge on any atom is -0.373 e. The van der Waals surface area contributed by atoms with E-state index >= 15 is 0 Å². The Morgan fingerprint density at radius 2 is 2.00 bits per heavy atom. The summed E-state index contributed by atoms with van der Waals surface area (Å²) in [7, 11) is 0. The molecule has 0 spiro atoms. The van der Waals surface area contributed by atoms with Crippen molar-refractivity contribution in [2.24, 2.45) is 0 Å². The van der Waals surface area contributed by atoms with E-state index in [2.05, 4.69) is 17.1 Å². The van der Waals surface area contributed by atoms with E-state index in [-0.39, 0.29) is 0 Å². The van der Waals surface area contributed by atoms with Crippen LogP contribution in [0.1, 0.15) is 45.4 Å². The Morgan fingerprint density at radius 1 is 1.18 bits per heavy atom. The normalized spacial score (nSPS) is 39.0. The van der Waals surface area contributed by atoms with Crippen molar-refractivity contribution in [2.45, 2.75) is 69.7 Å². The number of hydrogen-bond donors (Lipinski definition) is 1. The van der Waals surface area contributed by atoms with Crippen LogP contribution in [0.15, 0.2) is 0 Å². The molecule has 3 aliphatic heterocycles. The monoisotopic (exact) mass is 238 g/mol. The largest absolute Gasteiger partial charge is 0.373 e. The molecule has 3 heteroatoms. The summed E-state index contributed by atoms with van der Waals surface area (Å²) < 4.78 is 5.97. The Morgan fingerprint density at radius 3 is 2.59 bits per heavy atom. The van der Waals surface area contributed by atoms with Crippen molar-refractivity contribution >= 4 is 0 Å². The summed E-state index contributed by atoms with van der Waals surface area (Å²) in [4.78, 5) is 2.70. The number of ether oxygens (including phenoxy) is 1. The van der Waals surface area contributed by atoms with Gasteiger partial charge in [-0.15, -0.1) is 0 Å². The molecule has 1 N–H and O–H groups in total. The second-order valence-electron chi connectivity index (χ2n) is 5.94. The molecular formula is C14H26N2O. The quantitative estimate of drug-likeness (QED) is 0.808. The molecule has 3 aliphatic rings. The Bertz CT molecular complexity index is 251. The zero-order chi connectivity index (χ0) is 11.7. The third kappa shape index (κ3) is 2.51. The lowest BCUT2D eigenvalue weighted by atomic mass is 9.92.